The summed E-state index contributed by atoms with van der Waals surface area (Å²) in [5, 5.41) is 6.94. The average molecular weight is 207 g/mol. The van der Waals surface area contributed by atoms with Gasteiger partial charge in [0.1, 0.15) is 6.26 Å². The maximum absolute atomic E-state index is 5.10. The molecule has 5 heteroatoms. The topological polar surface area (TPSA) is 64.1 Å². The molecule has 2 heterocycles. The van der Waals surface area contributed by atoms with Gasteiger partial charge in [0.2, 0.25) is 11.7 Å². The molecule has 0 aliphatic heterocycles. The van der Waals surface area contributed by atoms with Crippen LogP contribution in [-0.2, 0) is 6.42 Å². The van der Waals surface area contributed by atoms with Crippen LogP contribution in [0.3, 0.4) is 0 Å². The van der Waals surface area contributed by atoms with Gasteiger partial charge < -0.3 is 14.3 Å². The second kappa shape index (κ2) is 4.75. The van der Waals surface area contributed by atoms with Gasteiger partial charge in [0.15, 0.2) is 0 Å². The van der Waals surface area contributed by atoms with Crippen molar-refractivity contribution in [2.45, 2.75) is 12.8 Å². The van der Waals surface area contributed by atoms with Gasteiger partial charge in [-0.05, 0) is 26.1 Å². The van der Waals surface area contributed by atoms with Gasteiger partial charge in [-0.3, -0.25) is 0 Å². The number of rotatable bonds is 5. The van der Waals surface area contributed by atoms with E-state index in [1.165, 1.54) is 0 Å². The number of nitrogens with zero attached hydrogens (tertiary/aromatic N) is 2. The quantitative estimate of drug-likeness (QED) is 0.752. The van der Waals surface area contributed by atoms with Gasteiger partial charge in [-0.2, -0.15) is 4.98 Å². The van der Waals surface area contributed by atoms with Crippen LogP contribution >= 0.6 is 0 Å². The molecule has 2 rings (SSSR count). The van der Waals surface area contributed by atoms with Crippen molar-refractivity contribution in [3.63, 3.8) is 0 Å². The van der Waals surface area contributed by atoms with E-state index in [1.807, 2.05) is 13.1 Å². The molecule has 1 N–H and O–H groups in total. The summed E-state index contributed by atoms with van der Waals surface area (Å²) in [5.41, 5.74) is 0.846. The second-order valence-corrected chi connectivity index (χ2v) is 3.23. The van der Waals surface area contributed by atoms with Gasteiger partial charge >= 0.3 is 0 Å². The fraction of sp³-hybridized carbons (Fsp3) is 0.400. The average Bonchev–Trinajstić information content (AvgIpc) is 2.87. The number of aromatic nitrogens is 2. The molecular weight excluding hydrogens is 194 g/mol. The van der Waals surface area contributed by atoms with E-state index in [0.29, 0.717) is 11.7 Å². The zero-order valence-electron chi connectivity index (χ0n) is 8.56. The summed E-state index contributed by atoms with van der Waals surface area (Å²) >= 11 is 0. The minimum Gasteiger partial charge on any atom is -0.472 e. The Morgan fingerprint density at radius 2 is 2.40 bits per heavy atom. The first kappa shape index (κ1) is 9.92. The summed E-state index contributed by atoms with van der Waals surface area (Å²) < 4.78 is 10.0. The Bertz CT molecular complexity index is 394. The van der Waals surface area contributed by atoms with Crippen LogP contribution in [0, 0.1) is 0 Å². The van der Waals surface area contributed by atoms with E-state index in [1.54, 1.807) is 12.5 Å². The zero-order valence-corrected chi connectivity index (χ0v) is 8.56. The third kappa shape index (κ3) is 2.44. The first-order chi connectivity index (χ1) is 7.40. The van der Waals surface area contributed by atoms with Crippen molar-refractivity contribution in [3.05, 3.63) is 24.5 Å². The monoisotopic (exact) mass is 207 g/mol. The van der Waals surface area contributed by atoms with Crippen LogP contribution in [0.15, 0.2) is 27.5 Å². The normalized spacial score (nSPS) is 10.7. The smallest absolute Gasteiger partial charge is 0.227 e. The van der Waals surface area contributed by atoms with Crippen LogP contribution in [0.5, 0.6) is 0 Å². The molecule has 0 aromatic carbocycles. The molecule has 0 bridgehead atoms. The fourth-order valence-electron chi connectivity index (χ4n) is 1.28. The van der Waals surface area contributed by atoms with Gasteiger partial charge in [-0.15, -0.1) is 0 Å². The molecular formula is C10H13N3O2. The summed E-state index contributed by atoms with van der Waals surface area (Å²) in [7, 11) is 1.92. The first-order valence-electron chi connectivity index (χ1n) is 4.90. The number of aryl methyl sites for hydroxylation is 1. The second-order valence-electron chi connectivity index (χ2n) is 3.23. The van der Waals surface area contributed by atoms with E-state index >= 15 is 0 Å². The van der Waals surface area contributed by atoms with Crippen molar-refractivity contribution in [1.82, 2.24) is 15.5 Å². The number of furan rings is 1. The summed E-state index contributed by atoms with van der Waals surface area (Å²) in [4.78, 5) is 4.26. The maximum Gasteiger partial charge on any atom is 0.227 e. The highest BCUT2D eigenvalue weighted by Gasteiger charge is 2.08. The number of hydrogen-bond donors (Lipinski definition) is 1. The van der Waals surface area contributed by atoms with E-state index in [4.69, 9.17) is 8.94 Å². The minimum absolute atomic E-state index is 0.586. The molecule has 0 fully saturated rings. The highest BCUT2D eigenvalue weighted by atomic mass is 16.5. The van der Waals surface area contributed by atoms with Crippen LogP contribution in [0.2, 0.25) is 0 Å². The van der Waals surface area contributed by atoms with E-state index in [-0.39, 0.29) is 0 Å². The number of hydrogen-bond acceptors (Lipinski definition) is 5. The molecule has 0 atom stereocenters. The third-order valence-corrected chi connectivity index (χ3v) is 2.06. The van der Waals surface area contributed by atoms with E-state index in [2.05, 4.69) is 15.5 Å². The SMILES string of the molecule is CNCCCc1nc(-c2ccoc2)no1. The van der Waals surface area contributed by atoms with Crippen molar-refractivity contribution >= 4 is 0 Å². The minimum atomic E-state index is 0.586. The van der Waals surface area contributed by atoms with Crippen LogP contribution < -0.4 is 5.32 Å². The van der Waals surface area contributed by atoms with Crippen molar-refractivity contribution in [2.75, 3.05) is 13.6 Å². The molecule has 0 amide bonds. The van der Waals surface area contributed by atoms with E-state index in [9.17, 15) is 0 Å². The molecule has 2 aromatic rings. The summed E-state index contributed by atoms with van der Waals surface area (Å²) in [6, 6.07) is 1.81. The Morgan fingerprint density at radius 1 is 1.47 bits per heavy atom. The van der Waals surface area contributed by atoms with Gasteiger partial charge in [-0.1, -0.05) is 5.16 Å². The van der Waals surface area contributed by atoms with E-state index in [0.717, 1.165) is 24.9 Å². The molecule has 0 unspecified atom stereocenters. The molecule has 0 aliphatic rings. The Kier molecular flexibility index (Phi) is 3.14. The number of nitrogens with one attached hydrogen (secondary N) is 1. The molecule has 2 aromatic heterocycles. The Balaban J connectivity index is 1.98. The zero-order chi connectivity index (χ0) is 10.5. The maximum atomic E-state index is 5.10. The molecule has 0 spiro atoms. The molecule has 0 saturated heterocycles. The summed E-state index contributed by atoms with van der Waals surface area (Å²) in [6.45, 7) is 0.948. The van der Waals surface area contributed by atoms with Gasteiger partial charge in [-0.25, -0.2) is 0 Å². The Labute approximate surface area is 87.5 Å². The highest BCUT2D eigenvalue weighted by molar-refractivity contribution is 5.51. The van der Waals surface area contributed by atoms with Gasteiger partial charge in [0, 0.05) is 6.42 Å². The van der Waals surface area contributed by atoms with Crippen LogP contribution in [-0.4, -0.2) is 23.7 Å². The van der Waals surface area contributed by atoms with Crippen molar-refractivity contribution in [2.24, 2.45) is 0 Å². The lowest BCUT2D eigenvalue weighted by Gasteiger charge is -1.93. The van der Waals surface area contributed by atoms with Crippen molar-refractivity contribution < 1.29 is 8.94 Å². The molecule has 80 valence electrons. The molecule has 0 saturated carbocycles. The predicted molar refractivity (Wildman–Crippen MR) is 54.2 cm³/mol. The van der Waals surface area contributed by atoms with Gasteiger partial charge in [0.05, 0.1) is 11.8 Å². The molecule has 5 nitrogen and oxygen atoms in total. The lowest BCUT2D eigenvalue weighted by atomic mass is 10.3. The summed E-state index contributed by atoms with van der Waals surface area (Å²) in [5.74, 6) is 1.25. The first-order valence-corrected chi connectivity index (χ1v) is 4.90. The predicted octanol–water partition coefficient (Wildman–Crippen LogP) is 1.48. The highest BCUT2D eigenvalue weighted by Crippen LogP contribution is 2.15. The Hall–Kier alpha value is -1.62. The van der Waals surface area contributed by atoms with E-state index < -0.39 is 0 Å². The lowest BCUT2D eigenvalue weighted by molar-refractivity contribution is 0.375. The van der Waals surface area contributed by atoms with Gasteiger partial charge in [0.25, 0.3) is 0 Å². The summed E-state index contributed by atoms with van der Waals surface area (Å²) in [6.07, 6.45) is 4.98. The molecule has 15 heavy (non-hydrogen) atoms. The molecule has 0 radical (unpaired) electrons. The lowest BCUT2D eigenvalue weighted by Crippen LogP contribution is -2.08. The largest absolute Gasteiger partial charge is 0.472 e. The van der Waals surface area contributed by atoms with Crippen LogP contribution in [0.4, 0.5) is 0 Å². The molecule has 0 aliphatic carbocycles. The van der Waals surface area contributed by atoms with Crippen molar-refractivity contribution in [1.29, 1.82) is 0 Å². The van der Waals surface area contributed by atoms with Crippen LogP contribution in [0.1, 0.15) is 12.3 Å². The standard InChI is InChI=1S/C10H13N3O2/c1-11-5-2-3-9-12-10(13-15-9)8-4-6-14-7-8/h4,6-7,11H,2-3,5H2,1H3. The van der Waals surface area contributed by atoms with Crippen molar-refractivity contribution in [3.8, 4) is 11.4 Å². The van der Waals surface area contributed by atoms with Crippen LogP contribution in [0.25, 0.3) is 11.4 Å². The fourth-order valence-corrected chi connectivity index (χ4v) is 1.28. The Morgan fingerprint density at radius 3 is 3.13 bits per heavy atom. The third-order valence-electron chi connectivity index (χ3n) is 2.06.